The summed E-state index contributed by atoms with van der Waals surface area (Å²) in [5.74, 6) is -0.00750. The number of hydrogen-bond donors (Lipinski definition) is 1. The first-order valence-electron chi connectivity index (χ1n) is 7.70. The van der Waals surface area contributed by atoms with E-state index in [2.05, 4.69) is 22.8 Å². The van der Waals surface area contributed by atoms with Crippen molar-refractivity contribution in [1.29, 1.82) is 0 Å². The molecule has 1 fully saturated rings. The third kappa shape index (κ3) is 5.61. The van der Waals surface area contributed by atoms with E-state index in [4.69, 9.17) is 0 Å². The Labute approximate surface area is 136 Å². The monoisotopic (exact) mass is 344 g/mol. The molecule has 1 aromatic rings. The van der Waals surface area contributed by atoms with Crippen molar-refractivity contribution in [3.05, 3.63) is 22.4 Å². The van der Waals surface area contributed by atoms with Gasteiger partial charge in [0.15, 0.2) is 0 Å². The van der Waals surface area contributed by atoms with Crippen LogP contribution in [0.3, 0.4) is 0 Å². The van der Waals surface area contributed by atoms with Gasteiger partial charge in [-0.05, 0) is 43.6 Å². The third-order valence-electron chi connectivity index (χ3n) is 3.94. The molecule has 1 aliphatic heterocycles. The highest BCUT2D eigenvalue weighted by atomic mass is 32.2. The molecule has 124 valence electrons. The zero-order valence-corrected chi connectivity index (χ0v) is 14.6. The number of likely N-dealkylation sites (tertiary alicyclic amines) is 1. The molecule has 2 amide bonds. The predicted octanol–water partition coefficient (Wildman–Crippen LogP) is 2.29. The Kier molecular flexibility index (Phi) is 6.26. The van der Waals surface area contributed by atoms with Crippen molar-refractivity contribution in [2.45, 2.75) is 38.1 Å². The number of sulfone groups is 1. The van der Waals surface area contributed by atoms with Gasteiger partial charge in [-0.2, -0.15) is 0 Å². The van der Waals surface area contributed by atoms with Crippen molar-refractivity contribution in [3.63, 3.8) is 0 Å². The number of urea groups is 1. The number of nitrogens with zero attached hydrogens (tertiary/aromatic N) is 1. The molecule has 1 N–H and O–H groups in total. The van der Waals surface area contributed by atoms with Crippen LogP contribution < -0.4 is 5.32 Å². The second-order valence-electron chi connectivity index (χ2n) is 5.82. The van der Waals surface area contributed by atoms with Crippen LogP contribution in [-0.4, -0.2) is 50.5 Å². The van der Waals surface area contributed by atoms with E-state index in [9.17, 15) is 13.2 Å². The number of nitrogens with one attached hydrogen (secondary N) is 1. The van der Waals surface area contributed by atoms with Crippen LogP contribution in [0.4, 0.5) is 4.79 Å². The molecule has 7 heteroatoms. The number of hydrogen-bond acceptors (Lipinski definition) is 4. The highest BCUT2D eigenvalue weighted by Crippen LogP contribution is 2.22. The number of carbonyl (C=O) groups is 1. The third-order valence-corrected chi connectivity index (χ3v) is 5.82. The van der Waals surface area contributed by atoms with E-state index in [-0.39, 0.29) is 24.4 Å². The Morgan fingerprint density at radius 1 is 1.45 bits per heavy atom. The van der Waals surface area contributed by atoms with Crippen molar-refractivity contribution < 1.29 is 13.2 Å². The summed E-state index contributed by atoms with van der Waals surface area (Å²) < 4.78 is 22.2. The number of aryl methyl sites for hydroxylation is 1. The van der Waals surface area contributed by atoms with Crippen LogP contribution in [0.1, 0.15) is 30.6 Å². The number of rotatable bonds is 6. The summed E-state index contributed by atoms with van der Waals surface area (Å²) in [6.07, 6.45) is 6.36. The van der Waals surface area contributed by atoms with Crippen molar-refractivity contribution in [2.75, 3.05) is 25.1 Å². The standard InChI is InChI=1S/C15H24N2O3S2/c1-22(19,20)12-9-16-15(18)17-10-3-2-5-13(17)7-8-14-6-4-11-21-14/h4,6,11,13H,2-3,5,7-10,12H2,1H3,(H,16,18)/t13-/m0/s1. The van der Waals surface area contributed by atoms with Gasteiger partial charge in [0.1, 0.15) is 9.84 Å². The van der Waals surface area contributed by atoms with Crippen LogP contribution in [-0.2, 0) is 16.3 Å². The average Bonchev–Trinajstić information content (AvgIpc) is 2.97. The lowest BCUT2D eigenvalue weighted by Gasteiger charge is -2.35. The lowest BCUT2D eigenvalue weighted by atomic mass is 9.98. The van der Waals surface area contributed by atoms with Crippen molar-refractivity contribution in [3.8, 4) is 0 Å². The molecule has 0 spiro atoms. The molecule has 1 atom stereocenters. The Morgan fingerprint density at radius 3 is 2.95 bits per heavy atom. The van der Waals surface area contributed by atoms with Gasteiger partial charge in [0.05, 0.1) is 5.75 Å². The van der Waals surface area contributed by atoms with Crippen molar-refractivity contribution >= 4 is 27.2 Å². The largest absolute Gasteiger partial charge is 0.337 e. The molecule has 2 rings (SSSR count). The van der Waals surface area contributed by atoms with Crippen LogP contribution in [0.5, 0.6) is 0 Å². The first kappa shape index (κ1) is 17.3. The summed E-state index contributed by atoms with van der Waals surface area (Å²) in [5.41, 5.74) is 0. The predicted molar refractivity (Wildman–Crippen MR) is 90.1 cm³/mol. The molecule has 1 aromatic heterocycles. The fraction of sp³-hybridized carbons (Fsp3) is 0.667. The highest BCUT2D eigenvalue weighted by molar-refractivity contribution is 7.90. The van der Waals surface area contributed by atoms with E-state index < -0.39 is 9.84 Å². The van der Waals surface area contributed by atoms with Gasteiger partial charge in [0, 0.05) is 30.3 Å². The molecule has 5 nitrogen and oxygen atoms in total. The molecule has 0 bridgehead atoms. The molecule has 1 saturated heterocycles. The smallest absolute Gasteiger partial charge is 0.317 e. The molecular weight excluding hydrogens is 320 g/mol. The first-order valence-corrected chi connectivity index (χ1v) is 10.6. The summed E-state index contributed by atoms with van der Waals surface area (Å²) >= 11 is 1.75. The lowest BCUT2D eigenvalue weighted by Crippen LogP contribution is -2.49. The molecular formula is C15H24N2O3S2. The molecule has 0 aromatic carbocycles. The van der Waals surface area contributed by atoms with Gasteiger partial charge in [0.2, 0.25) is 0 Å². The summed E-state index contributed by atoms with van der Waals surface area (Å²) in [6.45, 7) is 0.950. The highest BCUT2D eigenvalue weighted by Gasteiger charge is 2.26. The van der Waals surface area contributed by atoms with E-state index in [0.29, 0.717) is 0 Å². The molecule has 2 heterocycles. The quantitative estimate of drug-likeness (QED) is 0.861. The summed E-state index contributed by atoms with van der Waals surface area (Å²) in [7, 11) is -3.04. The number of carbonyl (C=O) groups excluding carboxylic acids is 1. The Balaban J connectivity index is 1.84. The minimum atomic E-state index is -3.04. The molecule has 0 saturated carbocycles. The molecule has 1 aliphatic rings. The first-order chi connectivity index (χ1) is 10.5. The summed E-state index contributed by atoms with van der Waals surface area (Å²) in [5, 5.41) is 4.82. The normalized spacial score (nSPS) is 19.1. The van der Waals surface area contributed by atoms with Crippen molar-refractivity contribution in [2.24, 2.45) is 0 Å². The molecule has 22 heavy (non-hydrogen) atoms. The molecule has 0 radical (unpaired) electrons. The number of piperidine rings is 1. The van der Waals surface area contributed by atoms with Gasteiger partial charge in [0.25, 0.3) is 0 Å². The van der Waals surface area contributed by atoms with Gasteiger partial charge in [-0.15, -0.1) is 11.3 Å². The number of amides is 2. The van der Waals surface area contributed by atoms with E-state index in [1.165, 1.54) is 11.1 Å². The summed E-state index contributed by atoms with van der Waals surface area (Å²) in [4.78, 5) is 15.5. The van der Waals surface area contributed by atoms with E-state index in [1.54, 1.807) is 11.3 Å². The SMILES string of the molecule is CS(=O)(=O)CCNC(=O)N1CCCC[C@H]1CCc1cccs1. The zero-order chi connectivity index (χ0) is 16.0. The topological polar surface area (TPSA) is 66.5 Å². The lowest BCUT2D eigenvalue weighted by molar-refractivity contribution is 0.147. The molecule has 0 unspecified atom stereocenters. The fourth-order valence-corrected chi connectivity index (χ4v) is 3.97. The van der Waals surface area contributed by atoms with Gasteiger partial charge in [-0.3, -0.25) is 0 Å². The van der Waals surface area contributed by atoms with Crippen LogP contribution in [0.15, 0.2) is 17.5 Å². The maximum atomic E-state index is 12.3. The van der Waals surface area contributed by atoms with Crippen molar-refractivity contribution in [1.82, 2.24) is 10.2 Å². The zero-order valence-electron chi connectivity index (χ0n) is 13.0. The Hall–Kier alpha value is -1.08. The van der Waals surface area contributed by atoms with Gasteiger partial charge < -0.3 is 10.2 Å². The second-order valence-corrected chi connectivity index (χ2v) is 9.11. The van der Waals surface area contributed by atoms with Crippen LogP contribution in [0, 0.1) is 0 Å². The van der Waals surface area contributed by atoms with E-state index in [1.807, 2.05) is 4.90 Å². The fourth-order valence-electron chi connectivity index (χ4n) is 2.78. The average molecular weight is 345 g/mol. The second kappa shape index (κ2) is 7.97. The van der Waals surface area contributed by atoms with Crippen LogP contribution in [0.2, 0.25) is 0 Å². The van der Waals surface area contributed by atoms with Crippen LogP contribution in [0.25, 0.3) is 0 Å². The number of thiophene rings is 1. The van der Waals surface area contributed by atoms with Gasteiger partial charge in [-0.1, -0.05) is 6.07 Å². The van der Waals surface area contributed by atoms with Crippen LogP contribution >= 0.6 is 11.3 Å². The molecule has 0 aliphatic carbocycles. The minimum absolute atomic E-state index is 0.00750. The van der Waals surface area contributed by atoms with E-state index in [0.717, 1.165) is 38.6 Å². The van der Waals surface area contributed by atoms with Gasteiger partial charge in [-0.25, -0.2) is 13.2 Å². The maximum Gasteiger partial charge on any atom is 0.317 e. The van der Waals surface area contributed by atoms with Gasteiger partial charge >= 0.3 is 6.03 Å². The maximum absolute atomic E-state index is 12.3. The minimum Gasteiger partial charge on any atom is -0.337 e. The summed E-state index contributed by atoms with van der Waals surface area (Å²) in [6, 6.07) is 4.31. The Bertz CT molecular complexity index is 570. The van der Waals surface area contributed by atoms with E-state index >= 15 is 0 Å². The Morgan fingerprint density at radius 2 is 2.27 bits per heavy atom.